The van der Waals surface area contributed by atoms with Crippen LogP contribution in [0.2, 0.25) is 0 Å². The quantitative estimate of drug-likeness (QED) is 0.661. The second kappa shape index (κ2) is 4.63. The maximum atomic E-state index is 5.90. The van der Waals surface area contributed by atoms with Gasteiger partial charge in [0.25, 0.3) is 0 Å². The second-order valence-electron chi connectivity index (χ2n) is 4.16. The molecule has 1 fully saturated rings. The summed E-state index contributed by atoms with van der Waals surface area (Å²) >= 11 is 5.90. The molecule has 2 atom stereocenters. The summed E-state index contributed by atoms with van der Waals surface area (Å²) in [6.45, 7) is 4.95. The third-order valence-electron chi connectivity index (χ3n) is 2.85. The smallest absolute Gasteiger partial charge is 0.0898 e. The molecule has 78 valence electrons. The van der Waals surface area contributed by atoms with E-state index in [0.717, 1.165) is 19.4 Å². The zero-order chi connectivity index (χ0) is 9.90. The molecule has 0 spiro atoms. The first-order chi connectivity index (χ1) is 6.11. The predicted molar refractivity (Wildman–Crippen MR) is 54.3 cm³/mol. The minimum Gasteiger partial charge on any atom is -0.376 e. The molecular formula is C10H19ClO2. The summed E-state index contributed by atoms with van der Waals surface area (Å²) in [7, 11) is 1.73. The molecule has 0 aromatic rings. The van der Waals surface area contributed by atoms with Crippen LogP contribution in [-0.4, -0.2) is 31.3 Å². The standard InChI is InChI=1S/C10H19ClO2/c1-10(2,12-3)9-8(7-11)5-4-6-13-9/h8-9H,4-7H2,1-3H3. The minimum atomic E-state index is -0.222. The van der Waals surface area contributed by atoms with Gasteiger partial charge in [-0.15, -0.1) is 11.6 Å². The molecule has 2 unspecified atom stereocenters. The summed E-state index contributed by atoms with van der Waals surface area (Å²) in [4.78, 5) is 0. The number of hydrogen-bond acceptors (Lipinski definition) is 2. The lowest BCUT2D eigenvalue weighted by atomic mass is 9.86. The van der Waals surface area contributed by atoms with Gasteiger partial charge in [-0.2, -0.15) is 0 Å². The highest BCUT2D eigenvalue weighted by Gasteiger charge is 2.38. The molecule has 1 saturated heterocycles. The molecule has 0 aromatic heterocycles. The van der Waals surface area contributed by atoms with Crippen LogP contribution in [0.1, 0.15) is 26.7 Å². The number of halogens is 1. The van der Waals surface area contributed by atoms with E-state index in [1.165, 1.54) is 0 Å². The molecule has 0 radical (unpaired) electrons. The van der Waals surface area contributed by atoms with E-state index < -0.39 is 0 Å². The van der Waals surface area contributed by atoms with Crippen molar-refractivity contribution in [2.45, 2.75) is 38.4 Å². The van der Waals surface area contributed by atoms with Gasteiger partial charge in [-0.25, -0.2) is 0 Å². The molecule has 1 aliphatic heterocycles. The fourth-order valence-electron chi connectivity index (χ4n) is 1.89. The lowest BCUT2D eigenvalue weighted by Gasteiger charge is -2.40. The summed E-state index contributed by atoms with van der Waals surface area (Å²) in [6, 6.07) is 0. The summed E-state index contributed by atoms with van der Waals surface area (Å²) in [6.07, 6.45) is 2.41. The number of methoxy groups -OCH3 is 1. The Balaban J connectivity index is 2.63. The highest BCUT2D eigenvalue weighted by atomic mass is 35.5. The highest BCUT2D eigenvalue weighted by Crippen LogP contribution is 2.31. The molecule has 13 heavy (non-hydrogen) atoms. The molecule has 0 saturated carbocycles. The van der Waals surface area contributed by atoms with E-state index in [1.54, 1.807) is 7.11 Å². The van der Waals surface area contributed by atoms with Crippen LogP contribution >= 0.6 is 11.6 Å². The Bertz CT molecular complexity index is 159. The summed E-state index contributed by atoms with van der Waals surface area (Å²) in [5, 5.41) is 0. The summed E-state index contributed by atoms with van der Waals surface area (Å²) in [5.74, 6) is 1.10. The molecule has 0 aliphatic carbocycles. The SMILES string of the molecule is COC(C)(C)C1OCCCC1CCl. The van der Waals surface area contributed by atoms with Crippen molar-refractivity contribution >= 4 is 11.6 Å². The Morgan fingerprint density at radius 2 is 2.23 bits per heavy atom. The molecule has 0 N–H and O–H groups in total. The van der Waals surface area contributed by atoms with Crippen molar-refractivity contribution in [3.05, 3.63) is 0 Å². The van der Waals surface area contributed by atoms with Crippen LogP contribution in [-0.2, 0) is 9.47 Å². The summed E-state index contributed by atoms with van der Waals surface area (Å²) < 4.78 is 11.2. The first-order valence-corrected chi connectivity index (χ1v) is 5.38. The van der Waals surface area contributed by atoms with E-state index in [9.17, 15) is 0 Å². The lowest BCUT2D eigenvalue weighted by Crippen LogP contribution is -2.48. The molecule has 2 nitrogen and oxygen atoms in total. The Morgan fingerprint density at radius 1 is 1.54 bits per heavy atom. The molecule has 0 amide bonds. The Labute approximate surface area is 85.5 Å². The maximum Gasteiger partial charge on any atom is 0.0898 e. The van der Waals surface area contributed by atoms with Crippen LogP contribution in [0.3, 0.4) is 0 Å². The third-order valence-corrected chi connectivity index (χ3v) is 3.25. The number of hydrogen-bond donors (Lipinski definition) is 0. The van der Waals surface area contributed by atoms with E-state index in [-0.39, 0.29) is 11.7 Å². The van der Waals surface area contributed by atoms with Gasteiger partial charge in [-0.3, -0.25) is 0 Å². The van der Waals surface area contributed by atoms with Gasteiger partial charge < -0.3 is 9.47 Å². The van der Waals surface area contributed by atoms with Crippen molar-refractivity contribution in [3.63, 3.8) is 0 Å². The fourth-order valence-corrected chi connectivity index (χ4v) is 2.20. The van der Waals surface area contributed by atoms with E-state index in [4.69, 9.17) is 21.1 Å². The zero-order valence-corrected chi connectivity index (χ0v) is 9.43. The van der Waals surface area contributed by atoms with Gasteiger partial charge in [-0.1, -0.05) is 0 Å². The Morgan fingerprint density at radius 3 is 2.77 bits per heavy atom. The van der Waals surface area contributed by atoms with Gasteiger partial charge in [0.05, 0.1) is 11.7 Å². The van der Waals surface area contributed by atoms with Crippen LogP contribution in [0.25, 0.3) is 0 Å². The van der Waals surface area contributed by atoms with E-state index in [0.29, 0.717) is 11.8 Å². The van der Waals surface area contributed by atoms with E-state index >= 15 is 0 Å². The second-order valence-corrected chi connectivity index (χ2v) is 4.46. The molecule has 1 aliphatic rings. The van der Waals surface area contributed by atoms with Crippen LogP contribution in [0, 0.1) is 5.92 Å². The average molecular weight is 207 g/mol. The van der Waals surface area contributed by atoms with Gasteiger partial charge in [-0.05, 0) is 26.7 Å². The van der Waals surface area contributed by atoms with Crippen molar-refractivity contribution in [1.29, 1.82) is 0 Å². The van der Waals surface area contributed by atoms with Crippen molar-refractivity contribution < 1.29 is 9.47 Å². The fraction of sp³-hybridized carbons (Fsp3) is 1.00. The molecule has 1 rings (SSSR count). The molecule has 0 bridgehead atoms. The van der Waals surface area contributed by atoms with Crippen molar-refractivity contribution in [2.75, 3.05) is 19.6 Å². The average Bonchev–Trinajstić information content (AvgIpc) is 2.18. The Kier molecular flexibility index (Phi) is 4.02. The minimum absolute atomic E-state index is 0.142. The van der Waals surface area contributed by atoms with Crippen molar-refractivity contribution in [1.82, 2.24) is 0 Å². The maximum absolute atomic E-state index is 5.90. The summed E-state index contributed by atoms with van der Waals surface area (Å²) in [5.41, 5.74) is -0.222. The van der Waals surface area contributed by atoms with Crippen LogP contribution in [0.4, 0.5) is 0 Å². The van der Waals surface area contributed by atoms with Gasteiger partial charge in [0, 0.05) is 25.5 Å². The normalized spacial score (nSPS) is 30.5. The van der Waals surface area contributed by atoms with E-state index in [2.05, 4.69) is 13.8 Å². The lowest BCUT2D eigenvalue weighted by molar-refractivity contribution is -0.146. The van der Waals surface area contributed by atoms with Gasteiger partial charge in [0.1, 0.15) is 0 Å². The topological polar surface area (TPSA) is 18.5 Å². The van der Waals surface area contributed by atoms with Gasteiger partial charge >= 0.3 is 0 Å². The van der Waals surface area contributed by atoms with Crippen molar-refractivity contribution in [2.24, 2.45) is 5.92 Å². The third kappa shape index (κ3) is 2.58. The predicted octanol–water partition coefficient (Wildman–Crippen LogP) is 2.45. The largest absolute Gasteiger partial charge is 0.376 e. The van der Waals surface area contributed by atoms with Crippen LogP contribution in [0.15, 0.2) is 0 Å². The molecule has 3 heteroatoms. The Hall–Kier alpha value is 0.210. The number of ether oxygens (including phenoxy) is 2. The molecular weight excluding hydrogens is 188 g/mol. The van der Waals surface area contributed by atoms with Crippen LogP contribution < -0.4 is 0 Å². The zero-order valence-electron chi connectivity index (χ0n) is 8.68. The molecule has 0 aromatic carbocycles. The van der Waals surface area contributed by atoms with Gasteiger partial charge in [0.2, 0.25) is 0 Å². The first-order valence-electron chi connectivity index (χ1n) is 4.84. The van der Waals surface area contributed by atoms with Crippen molar-refractivity contribution in [3.8, 4) is 0 Å². The molecule has 1 heterocycles. The van der Waals surface area contributed by atoms with Gasteiger partial charge in [0.15, 0.2) is 0 Å². The number of alkyl halides is 1. The highest BCUT2D eigenvalue weighted by molar-refractivity contribution is 6.18. The van der Waals surface area contributed by atoms with E-state index in [1.807, 2.05) is 0 Å². The monoisotopic (exact) mass is 206 g/mol. The first kappa shape index (κ1) is 11.3. The number of rotatable bonds is 3. The van der Waals surface area contributed by atoms with Crippen LogP contribution in [0.5, 0.6) is 0 Å².